The van der Waals surface area contributed by atoms with E-state index in [1.807, 2.05) is 11.3 Å². The first-order valence-corrected chi connectivity index (χ1v) is 20.3. The number of fused-ring (bicyclic) bond motifs is 7. The minimum absolute atomic E-state index is 1.11. The zero-order chi connectivity index (χ0) is 37.5. The number of rotatable bonds is 5. The van der Waals surface area contributed by atoms with Crippen LogP contribution in [-0.4, -0.2) is 4.40 Å². The van der Waals surface area contributed by atoms with Crippen LogP contribution in [0.5, 0.6) is 0 Å². The number of aromatic nitrogens is 1. The highest BCUT2D eigenvalue weighted by Crippen LogP contribution is 2.46. The molecule has 0 bridgehead atoms. The monoisotopic (exact) mass is 742 g/mol. The summed E-state index contributed by atoms with van der Waals surface area (Å²) in [4.78, 5) is 2.40. The van der Waals surface area contributed by atoms with E-state index in [9.17, 15) is 0 Å². The molecule has 57 heavy (non-hydrogen) atoms. The number of nitrogens with zero attached hydrogens (tertiary/aromatic N) is 2. The van der Waals surface area contributed by atoms with Crippen LogP contribution < -0.4 is 4.90 Å². The number of hydrogen-bond acceptors (Lipinski definition) is 2. The molecule has 0 amide bonds. The molecule has 0 radical (unpaired) electrons. The summed E-state index contributed by atoms with van der Waals surface area (Å²) in [6, 6.07) is 75.7. The molecule has 0 saturated heterocycles. The molecular weight excluding hydrogens is 709 g/mol. The minimum atomic E-state index is 1.11. The minimum Gasteiger partial charge on any atom is -0.310 e. The van der Waals surface area contributed by atoms with Crippen molar-refractivity contribution in [2.75, 3.05) is 4.90 Å². The van der Waals surface area contributed by atoms with E-state index in [0.717, 1.165) is 17.1 Å². The standard InChI is InChI=1S/C54H34N2S/c1-3-12-35(13-4-1)37-24-28-39(29-25-37)55(40-30-26-38(27-31-40)36-14-5-2-6-15-36)41-32-33-48-47(34-41)46-20-9-19-45-43-17-8-7-16-42(43)44-18-10-22-50-52(44)53-49(56(48)54(45)46)21-11-23-51(53)57-50/h1-34H. The van der Waals surface area contributed by atoms with E-state index < -0.39 is 0 Å². The van der Waals surface area contributed by atoms with Gasteiger partial charge in [0.05, 0.1) is 16.6 Å². The Bertz CT molecular complexity index is 3410. The fraction of sp³-hybridized carbons (Fsp3) is 0. The molecule has 0 aliphatic carbocycles. The second-order valence-electron chi connectivity index (χ2n) is 14.9. The third kappa shape index (κ3) is 4.96. The van der Waals surface area contributed by atoms with E-state index in [-0.39, 0.29) is 0 Å². The normalized spacial score (nSPS) is 11.9. The summed E-state index contributed by atoms with van der Waals surface area (Å²) in [5.74, 6) is 0. The Morgan fingerprint density at radius 1 is 0.316 bits per heavy atom. The van der Waals surface area contributed by atoms with E-state index in [1.165, 1.54) is 91.3 Å². The molecule has 12 rings (SSSR count). The van der Waals surface area contributed by atoms with Crippen LogP contribution in [0.15, 0.2) is 206 Å². The summed E-state index contributed by atoms with van der Waals surface area (Å²) in [5.41, 5.74) is 11.8. The predicted octanol–water partition coefficient (Wildman–Crippen LogP) is 15.7. The molecule has 0 fully saturated rings. The molecule has 0 unspecified atom stereocenters. The van der Waals surface area contributed by atoms with Gasteiger partial charge in [0, 0.05) is 53.4 Å². The Morgan fingerprint density at radius 2 is 0.789 bits per heavy atom. The molecule has 0 aliphatic heterocycles. The number of thiophene rings is 1. The largest absolute Gasteiger partial charge is 0.310 e. The lowest BCUT2D eigenvalue weighted by Gasteiger charge is -2.26. The molecule has 0 spiro atoms. The van der Waals surface area contributed by atoms with Gasteiger partial charge in [-0.3, -0.25) is 0 Å². The first kappa shape index (κ1) is 32.1. The Labute approximate surface area is 333 Å². The van der Waals surface area contributed by atoms with Crippen LogP contribution in [0, 0.1) is 0 Å². The Balaban J connectivity index is 1.15. The van der Waals surface area contributed by atoms with Crippen molar-refractivity contribution in [3.8, 4) is 22.3 Å². The highest BCUT2D eigenvalue weighted by atomic mass is 32.1. The van der Waals surface area contributed by atoms with Gasteiger partial charge in [0.2, 0.25) is 0 Å². The smallest absolute Gasteiger partial charge is 0.0619 e. The van der Waals surface area contributed by atoms with Crippen LogP contribution in [0.4, 0.5) is 17.1 Å². The van der Waals surface area contributed by atoms with Gasteiger partial charge in [0.15, 0.2) is 0 Å². The molecule has 0 saturated carbocycles. The van der Waals surface area contributed by atoms with Crippen molar-refractivity contribution >= 4 is 97.4 Å². The SMILES string of the molecule is c1ccc(-c2ccc(N(c3ccc(-c4ccccc4)cc3)c3ccc4c(c3)c3cccc5c6ccccc6c6cccc7sc8cccc(c8c76)n4c53)cc2)cc1. The average Bonchev–Trinajstić information content (AvgIpc) is 3.84. The van der Waals surface area contributed by atoms with Crippen molar-refractivity contribution in [1.82, 2.24) is 4.40 Å². The average molecular weight is 743 g/mol. The van der Waals surface area contributed by atoms with Gasteiger partial charge in [-0.2, -0.15) is 0 Å². The summed E-state index contributed by atoms with van der Waals surface area (Å²) in [7, 11) is 0. The summed E-state index contributed by atoms with van der Waals surface area (Å²) in [6.07, 6.45) is 0. The van der Waals surface area contributed by atoms with E-state index in [0.29, 0.717) is 0 Å². The van der Waals surface area contributed by atoms with Gasteiger partial charge in [0.1, 0.15) is 0 Å². The van der Waals surface area contributed by atoms with Crippen molar-refractivity contribution in [3.63, 3.8) is 0 Å². The molecule has 3 aromatic heterocycles. The Kier molecular flexibility index (Phi) is 7.13. The predicted molar refractivity (Wildman–Crippen MR) is 246 cm³/mol. The van der Waals surface area contributed by atoms with Gasteiger partial charge in [0.25, 0.3) is 0 Å². The summed E-state index contributed by atoms with van der Waals surface area (Å²) >= 11 is 1.89. The summed E-state index contributed by atoms with van der Waals surface area (Å²) in [6.45, 7) is 0. The summed E-state index contributed by atoms with van der Waals surface area (Å²) in [5, 5.41) is 10.2. The molecule has 3 heterocycles. The van der Waals surface area contributed by atoms with Crippen molar-refractivity contribution in [3.05, 3.63) is 206 Å². The van der Waals surface area contributed by atoms with Gasteiger partial charge in [-0.15, -0.1) is 11.3 Å². The maximum Gasteiger partial charge on any atom is 0.0619 e. The van der Waals surface area contributed by atoms with Crippen LogP contribution in [0.1, 0.15) is 0 Å². The molecule has 2 nitrogen and oxygen atoms in total. The molecule has 3 heteroatoms. The molecule has 9 aromatic carbocycles. The lowest BCUT2D eigenvalue weighted by atomic mass is 10.0. The topological polar surface area (TPSA) is 7.65 Å². The first-order chi connectivity index (χ1) is 28.3. The molecular formula is C54H34N2S. The maximum atomic E-state index is 2.55. The first-order valence-electron chi connectivity index (χ1n) is 19.5. The Hall–Kier alpha value is -7.20. The number of benzene rings is 9. The van der Waals surface area contributed by atoms with Crippen LogP contribution >= 0.6 is 11.3 Å². The lowest BCUT2D eigenvalue weighted by molar-refractivity contribution is 1.28. The van der Waals surface area contributed by atoms with Crippen LogP contribution in [0.2, 0.25) is 0 Å². The molecule has 0 atom stereocenters. The fourth-order valence-corrected chi connectivity index (χ4v) is 10.3. The number of hydrogen-bond donors (Lipinski definition) is 0. The summed E-state index contributed by atoms with van der Waals surface area (Å²) < 4.78 is 5.17. The van der Waals surface area contributed by atoms with Crippen LogP contribution in [0.3, 0.4) is 0 Å². The van der Waals surface area contributed by atoms with E-state index >= 15 is 0 Å². The number of para-hydroxylation sites is 1. The van der Waals surface area contributed by atoms with Crippen molar-refractivity contribution in [1.29, 1.82) is 0 Å². The van der Waals surface area contributed by atoms with Crippen LogP contribution in [0.25, 0.3) is 91.3 Å². The molecule has 12 aromatic rings. The van der Waals surface area contributed by atoms with E-state index in [1.54, 1.807) is 0 Å². The second kappa shape index (κ2) is 12.7. The number of anilines is 3. The maximum absolute atomic E-state index is 2.55. The van der Waals surface area contributed by atoms with Gasteiger partial charge < -0.3 is 9.30 Å². The van der Waals surface area contributed by atoms with E-state index in [4.69, 9.17) is 0 Å². The van der Waals surface area contributed by atoms with Gasteiger partial charge in [-0.25, -0.2) is 0 Å². The van der Waals surface area contributed by atoms with E-state index in [2.05, 4.69) is 216 Å². The quantitative estimate of drug-likeness (QED) is 0.170. The Morgan fingerprint density at radius 3 is 1.44 bits per heavy atom. The second-order valence-corrected chi connectivity index (χ2v) is 16.0. The third-order valence-electron chi connectivity index (χ3n) is 11.7. The molecule has 266 valence electrons. The highest BCUT2D eigenvalue weighted by molar-refractivity contribution is 7.26. The highest BCUT2D eigenvalue weighted by Gasteiger charge is 2.20. The van der Waals surface area contributed by atoms with Gasteiger partial charge in [-0.1, -0.05) is 146 Å². The molecule has 0 aliphatic rings. The van der Waals surface area contributed by atoms with Gasteiger partial charge in [-0.05, 0) is 99.1 Å². The zero-order valence-corrected chi connectivity index (χ0v) is 31.7. The van der Waals surface area contributed by atoms with Crippen LogP contribution in [-0.2, 0) is 0 Å². The van der Waals surface area contributed by atoms with Crippen molar-refractivity contribution in [2.45, 2.75) is 0 Å². The fourth-order valence-electron chi connectivity index (χ4n) is 9.19. The third-order valence-corrected chi connectivity index (χ3v) is 12.9. The van der Waals surface area contributed by atoms with Crippen molar-refractivity contribution < 1.29 is 0 Å². The zero-order valence-electron chi connectivity index (χ0n) is 30.9. The van der Waals surface area contributed by atoms with Gasteiger partial charge >= 0.3 is 0 Å². The van der Waals surface area contributed by atoms with Crippen molar-refractivity contribution in [2.24, 2.45) is 0 Å². The lowest BCUT2D eigenvalue weighted by Crippen LogP contribution is -2.09. The molecule has 0 N–H and O–H groups in total.